The van der Waals surface area contributed by atoms with Crippen molar-refractivity contribution in [2.45, 2.75) is 52.2 Å². The topological polar surface area (TPSA) is 122 Å². The third kappa shape index (κ3) is 4.79. The van der Waals surface area contributed by atoms with Crippen molar-refractivity contribution in [2.24, 2.45) is 0 Å². The smallest absolute Gasteiger partial charge is 0.327 e. The van der Waals surface area contributed by atoms with Gasteiger partial charge in [-0.15, -0.1) is 0 Å². The molecule has 1 aromatic carbocycles. The number of urea groups is 1. The van der Waals surface area contributed by atoms with Crippen LogP contribution in [0.25, 0.3) is 0 Å². The summed E-state index contributed by atoms with van der Waals surface area (Å²) in [6.07, 6.45) is -0.360. The maximum Gasteiger partial charge on any atom is 0.327 e. The third-order valence-electron chi connectivity index (χ3n) is 4.95. The fraction of sp³-hybridized carbons (Fsp3) is 0.450. The fourth-order valence-electron chi connectivity index (χ4n) is 3.03. The number of anilines is 1. The maximum absolute atomic E-state index is 12.5. The minimum absolute atomic E-state index is 0.149. The van der Waals surface area contributed by atoms with Crippen molar-refractivity contribution in [3.8, 4) is 0 Å². The second-order valence-electron chi connectivity index (χ2n) is 6.87. The Labute approximate surface area is 168 Å². The summed E-state index contributed by atoms with van der Waals surface area (Å²) in [4.78, 5) is 61.2. The molecule has 1 aliphatic rings. The van der Waals surface area contributed by atoms with Crippen LogP contribution in [0.5, 0.6) is 0 Å². The van der Waals surface area contributed by atoms with Crippen molar-refractivity contribution in [3.05, 3.63) is 29.8 Å². The summed E-state index contributed by atoms with van der Waals surface area (Å²) < 4.78 is 5.06. The molecule has 0 spiro atoms. The molecular weight excluding hydrogens is 378 g/mol. The molecule has 1 aromatic rings. The molecule has 0 aliphatic carbocycles. The number of carbonyl (C=O) groups is 5. The zero-order chi connectivity index (χ0) is 21.8. The van der Waals surface area contributed by atoms with Gasteiger partial charge >= 0.3 is 12.0 Å². The number of carbonyl (C=O) groups excluding carboxylic acids is 5. The van der Waals surface area contributed by atoms with Gasteiger partial charge in [-0.25, -0.2) is 4.79 Å². The minimum Gasteiger partial charge on any atom is -0.451 e. The molecule has 1 heterocycles. The lowest BCUT2D eigenvalue weighted by Crippen LogP contribution is -2.46. The van der Waals surface area contributed by atoms with Crippen LogP contribution in [0.1, 0.15) is 50.9 Å². The molecule has 0 bridgehead atoms. The van der Waals surface area contributed by atoms with E-state index in [0.717, 1.165) is 4.90 Å². The van der Waals surface area contributed by atoms with Crippen LogP contribution >= 0.6 is 0 Å². The Morgan fingerprint density at radius 2 is 1.86 bits per heavy atom. The van der Waals surface area contributed by atoms with Crippen LogP contribution in [-0.4, -0.2) is 52.7 Å². The zero-order valence-corrected chi connectivity index (χ0v) is 16.9. The van der Waals surface area contributed by atoms with E-state index in [1.165, 1.54) is 19.9 Å². The van der Waals surface area contributed by atoms with Crippen molar-refractivity contribution < 1.29 is 28.7 Å². The van der Waals surface area contributed by atoms with Gasteiger partial charge in [0.15, 0.2) is 11.9 Å². The highest BCUT2D eigenvalue weighted by Gasteiger charge is 2.49. The lowest BCUT2D eigenvalue weighted by Gasteiger charge is -2.23. The molecule has 4 amide bonds. The van der Waals surface area contributed by atoms with E-state index in [1.54, 1.807) is 32.0 Å². The van der Waals surface area contributed by atoms with E-state index in [1.807, 2.05) is 0 Å². The number of Topliss-reactive ketones (excluding diaryl/α,β-unsaturated/α-hetero) is 1. The number of hydrogen-bond acceptors (Lipinski definition) is 6. The van der Waals surface area contributed by atoms with Gasteiger partial charge in [-0.2, -0.15) is 0 Å². The van der Waals surface area contributed by atoms with E-state index in [2.05, 4.69) is 10.6 Å². The molecule has 1 aliphatic heterocycles. The van der Waals surface area contributed by atoms with E-state index < -0.39 is 42.0 Å². The summed E-state index contributed by atoms with van der Waals surface area (Å²) in [5.74, 6) is -2.11. The molecule has 0 unspecified atom stereocenters. The van der Waals surface area contributed by atoms with E-state index in [9.17, 15) is 24.0 Å². The molecule has 9 heteroatoms. The van der Waals surface area contributed by atoms with Crippen molar-refractivity contribution in [3.63, 3.8) is 0 Å². The number of ketones is 1. The van der Waals surface area contributed by atoms with E-state index in [4.69, 9.17) is 4.74 Å². The van der Waals surface area contributed by atoms with Crippen LogP contribution in [0.4, 0.5) is 10.5 Å². The first-order valence-electron chi connectivity index (χ1n) is 9.39. The van der Waals surface area contributed by atoms with Crippen LogP contribution in [-0.2, 0) is 19.1 Å². The minimum atomic E-state index is -1.16. The molecule has 1 atom stereocenters. The van der Waals surface area contributed by atoms with E-state index in [-0.39, 0.29) is 5.78 Å². The summed E-state index contributed by atoms with van der Waals surface area (Å²) in [7, 11) is 0. The van der Waals surface area contributed by atoms with Gasteiger partial charge in [0.25, 0.3) is 11.8 Å². The number of esters is 1. The predicted octanol–water partition coefficient (Wildman–Crippen LogP) is 1.87. The average Bonchev–Trinajstić information content (AvgIpc) is 2.92. The molecule has 2 rings (SSSR count). The number of nitrogens with one attached hydrogen (secondary N) is 2. The molecule has 0 aromatic heterocycles. The van der Waals surface area contributed by atoms with Crippen LogP contribution < -0.4 is 10.6 Å². The summed E-state index contributed by atoms with van der Waals surface area (Å²) in [6.45, 7) is 5.75. The van der Waals surface area contributed by atoms with Gasteiger partial charge in [-0.1, -0.05) is 26.0 Å². The van der Waals surface area contributed by atoms with Crippen LogP contribution in [0.3, 0.4) is 0 Å². The second-order valence-corrected chi connectivity index (χ2v) is 6.87. The lowest BCUT2D eigenvalue weighted by atomic mass is 9.93. The summed E-state index contributed by atoms with van der Waals surface area (Å²) >= 11 is 0. The standard InChI is InChI=1S/C20H25N3O6/c1-5-20(6-2)18(27)23(19(28)22-20)11-16(25)29-13(4)17(26)21-15-9-7-8-14(10-15)12(3)24/h7-10,13H,5-6,11H2,1-4H3,(H,21,26)(H,22,28)/t13-/m1/s1. The highest BCUT2D eigenvalue weighted by molar-refractivity contribution is 6.08. The molecule has 1 saturated heterocycles. The normalized spacial score (nSPS) is 16.2. The number of nitrogens with zero attached hydrogens (tertiary/aromatic N) is 1. The first-order chi connectivity index (χ1) is 13.6. The van der Waals surface area contributed by atoms with Crippen molar-refractivity contribution in [1.82, 2.24) is 10.2 Å². The zero-order valence-electron chi connectivity index (χ0n) is 16.9. The van der Waals surface area contributed by atoms with Gasteiger partial charge in [-0.3, -0.25) is 24.1 Å². The first kappa shape index (κ1) is 22.1. The Kier molecular flexibility index (Phi) is 6.73. The maximum atomic E-state index is 12.5. The molecule has 0 radical (unpaired) electrons. The summed E-state index contributed by atoms with van der Waals surface area (Å²) in [5.41, 5.74) is -0.195. The molecule has 1 fully saturated rings. The summed E-state index contributed by atoms with van der Waals surface area (Å²) in [6, 6.07) is 5.69. The van der Waals surface area contributed by atoms with Gasteiger partial charge in [0.1, 0.15) is 12.1 Å². The number of ether oxygens (including phenoxy) is 1. The van der Waals surface area contributed by atoms with Gasteiger partial charge < -0.3 is 15.4 Å². The fourth-order valence-corrected chi connectivity index (χ4v) is 3.03. The van der Waals surface area contributed by atoms with Gasteiger partial charge in [-0.05, 0) is 38.8 Å². The Morgan fingerprint density at radius 3 is 2.41 bits per heavy atom. The number of imide groups is 1. The molecule has 2 N–H and O–H groups in total. The number of benzene rings is 1. The molecular formula is C20H25N3O6. The highest BCUT2D eigenvalue weighted by atomic mass is 16.5. The quantitative estimate of drug-likeness (QED) is 0.388. The molecule has 0 saturated carbocycles. The Hall–Kier alpha value is -3.23. The van der Waals surface area contributed by atoms with E-state index in [0.29, 0.717) is 24.1 Å². The highest BCUT2D eigenvalue weighted by Crippen LogP contribution is 2.24. The van der Waals surface area contributed by atoms with E-state index >= 15 is 0 Å². The Bertz CT molecular complexity index is 846. The summed E-state index contributed by atoms with van der Waals surface area (Å²) in [5, 5.41) is 5.17. The molecule has 9 nitrogen and oxygen atoms in total. The largest absolute Gasteiger partial charge is 0.451 e. The number of amides is 4. The molecule has 29 heavy (non-hydrogen) atoms. The predicted molar refractivity (Wildman–Crippen MR) is 104 cm³/mol. The SMILES string of the molecule is CCC1(CC)NC(=O)N(CC(=O)O[C@H](C)C(=O)Nc2cccc(C(C)=O)c2)C1=O. The molecule has 156 valence electrons. The van der Waals surface area contributed by atoms with Gasteiger partial charge in [0.2, 0.25) is 0 Å². The Balaban J connectivity index is 1.96. The number of rotatable bonds is 8. The Morgan fingerprint density at radius 1 is 1.21 bits per heavy atom. The van der Waals surface area contributed by atoms with Crippen LogP contribution in [0.2, 0.25) is 0 Å². The number of hydrogen-bond donors (Lipinski definition) is 2. The van der Waals surface area contributed by atoms with Gasteiger partial charge in [0, 0.05) is 11.3 Å². The average molecular weight is 403 g/mol. The van der Waals surface area contributed by atoms with Crippen molar-refractivity contribution >= 4 is 35.3 Å². The van der Waals surface area contributed by atoms with Crippen molar-refractivity contribution in [2.75, 3.05) is 11.9 Å². The monoisotopic (exact) mass is 403 g/mol. The lowest BCUT2D eigenvalue weighted by molar-refractivity contribution is -0.155. The van der Waals surface area contributed by atoms with Crippen LogP contribution in [0, 0.1) is 0 Å². The third-order valence-corrected chi connectivity index (χ3v) is 4.95. The van der Waals surface area contributed by atoms with Crippen molar-refractivity contribution in [1.29, 1.82) is 0 Å². The van der Waals surface area contributed by atoms with Crippen LogP contribution in [0.15, 0.2) is 24.3 Å². The van der Waals surface area contributed by atoms with Gasteiger partial charge in [0.05, 0.1) is 0 Å². The first-order valence-corrected chi connectivity index (χ1v) is 9.39. The second kappa shape index (κ2) is 8.85.